The third-order valence-electron chi connectivity index (χ3n) is 27.1. The van der Waals surface area contributed by atoms with Gasteiger partial charge in [0.1, 0.15) is 6.73 Å². The number of benzene rings is 24. The van der Waals surface area contributed by atoms with Gasteiger partial charge in [0.15, 0.2) is 0 Å². The fourth-order valence-electron chi connectivity index (χ4n) is 26.8. The lowest BCUT2D eigenvalue weighted by Crippen LogP contribution is -2.10. The van der Waals surface area contributed by atoms with E-state index in [1.165, 1.54) is 11.0 Å². The van der Waals surface area contributed by atoms with Gasteiger partial charge in [0, 0.05) is 373 Å². The Morgan fingerprint density at radius 2 is 0.286 bits per heavy atom. The van der Waals surface area contributed by atoms with Crippen molar-refractivity contribution in [2.45, 2.75) is 6.73 Å². The molecule has 36 aromatic rings. The van der Waals surface area contributed by atoms with Gasteiger partial charge in [-0.3, -0.25) is 0 Å². The summed E-state index contributed by atoms with van der Waals surface area (Å²) in [5, 5.41) is 110. The van der Waals surface area contributed by atoms with Crippen molar-refractivity contribution in [2.75, 3.05) is 20.3 Å². The van der Waals surface area contributed by atoms with Crippen LogP contribution in [-0.2, 0) is 16.2 Å². The van der Waals surface area contributed by atoms with Crippen LogP contribution in [0.5, 0.6) is 0 Å². The van der Waals surface area contributed by atoms with Gasteiger partial charge < -0.3 is 14.0 Å². The van der Waals surface area contributed by atoms with Crippen molar-refractivity contribution in [1.29, 1.82) is 0 Å². The van der Waals surface area contributed by atoms with Crippen molar-refractivity contribution in [3.63, 3.8) is 0 Å². The Hall–Kier alpha value is -9.38. The molecule has 0 saturated heterocycles. The molecule has 1 aromatic heterocycles. The molecule has 3 heteroatoms. The number of methoxy groups -OCH3 is 1. The number of rotatable bonds is 5. The van der Waals surface area contributed by atoms with Crippen LogP contribution in [0, 0.1) is 0 Å². The van der Waals surface area contributed by atoms with Gasteiger partial charge in [-0.25, -0.2) is 0 Å². The summed E-state index contributed by atoms with van der Waals surface area (Å²) in [4.78, 5) is 0. The van der Waals surface area contributed by atoms with Crippen molar-refractivity contribution in [3.05, 3.63) is 0 Å². The second-order valence-corrected chi connectivity index (χ2v) is 27.7. The van der Waals surface area contributed by atoms with Crippen LogP contribution in [0.2, 0.25) is 0 Å². The van der Waals surface area contributed by atoms with Crippen LogP contribution in [0.1, 0.15) is 0 Å². The van der Waals surface area contributed by atoms with Gasteiger partial charge in [-0.15, -0.1) is 0 Å². The highest BCUT2D eigenvalue weighted by Crippen LogP contribution is 2.81. The molecule has 0 saturated carbocycles. The minimum atomic E-state index is 0.507. The molecule has 77 heavy (non-hydrogen) atoms. The molecule has 1 heterocycles. The van der Waals surface area contributed by atoms with Crippen LogP contribution >= 0.6 is 0 Å². The van der Waals surface area contributed by atoms with Crippen LogP contribution in [0.4, 0.5) is 0 Å². The summed E-state index contributed by atoms with van der Waals surface area (Å²) < 4.78 is 15.7. The molecule has 0 bridgehead atoms. The SMILES string of the molecule is COCCOCn1c2c3c4c5c6c7c8c9c%10c%11c%12c%13c%10c%10c%14c%15c%13c%13c%16c%12c%12c%17c%11c8c8c%17c%11c%17c%12c%16c%12c%16c%13c%15c%13c%15c%14c%14c%10c9c7c7c%14c9c%15c%10c%14c%13c%16c%13c%15c%12c%17c%12c%16c%11c(c86)c4c%16c2c(c%12%15)c(c%13%14)c1c%10c9c3c75. The molecule has 0 aliphatic carbocycles. The molecule has 0 aliphatic rings. The summed E-state index contributed by atoms with van der Waals surface area (Å²) in [6.07, 6.45) is 0. The molecule has 0 amide bonds. The highest BCUT2D eigenvalue weighted by atomic mass is 16.5. The van der Waals surface area contributed by atoms with Crippen molar-refractivity contribution >= 4 is 377 Å². The molecule has 0 radical (unpaired) electrons. The summed E-state index contributed by atoms with van der Waals surface area (Å²) in [6, 6.07) is 0. The standard InChI is InChI=1S/C74H9NO2/c1-76-2-3-77-4-75-73-69-62-55-43-35-23-19-9-6-5-7-10(9)20-24-22-14(7)16-12-8(5)11-15-13(6)21(23)29-27(15)33-31-17(11)18(12)32-34-28(16)30(22)42-44-36(24)38-26(20)25(19)37(35)45-46(38)58-56(44)63-61-50(42)48(34)54-52-40(32)39(31)51-53-47(33)49(41(29)43)60(62)64(53)71(73)68(59(51)52)72(65(54)61)74(75)70(63)67(58)66(69)57(45)55/h2-4H2,1H3. The fraction of sp³-hybridized carbons (Fsp3) is 0.0541. The van der Waals surface area contributed by atoms with Crippen molar-refractivity contribution in [3.8, 4) is 0 Å². The third kappa shape index (κ3) is 1.57. The van der Waals surface area contributed by atoms with E-state index in [1.807, 2.05) is 7.11 Å². The molecule has 0 aliphatic heterocycles. The lowest BCUT2D eigenvalue weighted by Gasteiger charge is -2.24. The third-order valence-corrected chi connectivity index (χ3v) is 27.1. The Morgan fingerprint density at radius 3 is 0.416 bits per heavy atom. The average Bonchev–Trinajstić information content (AvgIpc) is 1.85. The maximum Gasteiger partial charge on any atom is 0.123 e. The van der Waals surface area contributed by atoms with Crippen LogP contribution in [0.3, 0.4) is 0 Å². The number of nitrogens with zero attached hydrogens (tertiary/aromatic N) is 1. The predicted octanol–water partition coefficient (Wildman–Crippen LogP) is 20.7. The summed E-state index contributed by atoms with van der Waals surface area (Å²) in [5.74, 6) is 0. The first kappa shape index (κ1) is 28.5. The van der Waals surface area contributed by atoms with Gasteiger partial charge >= 0.3 is 0 Å². The summed E-state index contributed by atoms with van der Waals surface area (Å²) >= 11 is 0. The zero-order valence-corrected chi connectivity index (χ0v) is 39.4. The highest BCUT2D eigenvalue weighted by molar-refractivity contribution is 6.85. The van der Waals surface area contributed by atoms with E-state index in [-0.39, 0.29) is 0 Å². The number of hydrogen-bond acceptors (Lipinski definition) is 2. The first-order valence-corrected chi connectivity index (χ1v) is 28.5. The van der Waals surface area contributed by atoms with Gasteiger partial charge in [-0.1, -0.05) is 0 Å². The number of ether oxygens (including phenoxy) is 2. The lowest BCUT2D eigenvalue weighted by molar-refractivity contribution is 0.0377. The van der Waals surface area contributed by atoms with Crippen molar-refractivity contribution < 1.29 is 9.47 Å². The van der Waals surface area contributed by atoms with E-state index in [0.29, 0.717) is 19.9 Å². The minimum Gasteiger partial charge on any atom is -0.382 e. The first-order valence-electron chi connectivity index (χ1n) is 28.5. The van der Waals surface area contributed by atoms with Crippen molar-refractivity contribution in [1.82, 2.24) is 4.57 Å². The molecular formula is C74H9NO2. The molecule has 0 atom stereocenters. The molecule has 0 unspecified atom stereocenters. The topological polar surface area (TPSA) is 23.4 Å². The quantitative estimate of drug-likeness (QED) is 0.0975. The van der Waals surface area contributed by atoms with Crippen LogP contribution < -0.4 is 0 Å². The molecule has 0 N–H and O–H groups in total. The highest BCUT2D eigenvalue weighted by Gasteiger charge is 2.52. The zero-order chi connectivity index (χ0) is 45.5. The lowest BCUT2D eigenvalue weighted by atomic mass is 9.78. The first-order chi connectivity index (χ1) is 38.4. The summed E-state index contributed by atoms with van der Waals surface area (Å²) in [7, 11) is 1.82. The van der Waals surface area contributed by atoms with E-state index >= 15 is 0 Å². The molecule has 36 rings (SSSR count). The number of fused-ring (bicyclic) bond motifs is 5. The Bertz CT molecular complexity index is 8420. The van der Waals surface area contributed by atoms with E-state index in [2.05, 4.69) is 4.57 Å². The Kier molecular flexibility index (Phi) is 2.44. The number of aromatic nitrogens is 1. The van der Waals surface area contributed by atoms with Gasteiger partial charge in [0.2, 0.25) is 0 Å². The van der Waals surface area contributed by atoms with Gasteiger partial charge in [0.25, 0.3) is 0 Å². The summed E-state index contributed by atoms with van der Waals surface area (Å²) in [6.45, 7) is 1.66. The monoisotopic (exact) mass is 943 g/mol. The van der Waals surface area contributed by atoms with E-state index < -0.39 is 0 Å². The van der Waals surface area contributed by atoms with E-state index in [0.717, 1.165) is 0 Å². The second kappa shape index (κ2) is 6.59. The normalized spacial score (nSPS) is 17.4. The Morgan fingerprint density at radius 1 is 0.169 bits per heavy atom. The van der Waals surface area contributed by atoms with E-state index in [4.69, 9.17) is 9.47 Å². The molecular weight excluding hydrogens is 935 g/mol. The molecule has 322 valence electrons. The van der Waals surface area contributed by atoms with Crippen molar-refractivity contribution in [2.24, 2.45) is 0 Å². The smallest absolute Gasteiger partial charge is 0.123 e. The largest absolute Gasteiger partial charge is 0.382 e. The Labute approximate surface area is 416 Å². The van der Waals surface area contributed by atoms with Crippen LogP contribution in [0.15, 0.2) is 0 Å². The van der Waals surface area contributed by atoms with Gasteiger partial charge in [-0.05, 0) is 0 Å². The van der Waals surface area contributed by atoms with Gasteiger partial charge in [-0.2, -0.15) is 0 Å². The fourth-order valence-corrected chi connectivity index (χ4v) is 26.8. The minimum absolute atomic E-state index is 0.507. The second-order valence-electron chi connectivity index (χ2n) is 27.7. The van der Waals surface area contributed by atoms with E-state index in [1.54, 1.807) is 366 Å². The predicted molar refractivity (Wildman–Crippen MR) is 329 cm³/mol. The van der Waals surface area contributed by atoms with Crippen LogP contribution in [0.25, 0.3) is 377 Å². The molecule has 0 spiro atoms. The zero-order valence-electron chi connectivity index (χ0n) is 39.4. The van der Waals surface area contributed by atoms with E-state index in [9.17, 15) is 0 Å². The van der Waals surface area contributed by atoms with Crippen LogP contribution in [-0.4, -0.2) is 24.9 Å². The van der Waals surface area contributed by atoms with Gasteiger partial charge in [0.05, 0.1) is 24.2 Å². The maximum atomic E-state index is 7.10. The maximum absolute atomic E-state index is 7.10. The number of pyridine rings is 1. The average molecular weight is 944 g/mol. The molecule has 35 aromatic carbocycles. The molecule has 3 nitrogen and oxygen atoms in total. The molecule has 0 fully saturated rings. The Balaban J connectivity index is 1.17. The summed E-state index contributed by atoms with van der Waals surface area (Å²) in [5.41, 5.74) is 2.91. The number of hydrogen-bond donors (Lipinski definition) is 0.